The minimum Gasteiger partial charge on any atom is -0.390 e. The summed E-state index contributed by atoms with van der Waals surface area (Å²) >= 11 is 0. The van der Waals surface area contributed by atoms with E-state index in [1.165, 1.54) is 24.9 Å². The molecule has 0 spiro atoms. The van der Waals surface area contributed by atoms with Crippen molar-refractivity contribution >= 4 is 17.3 Å². The molecule has 4 heteroatoms. The van der Waals surface area contributed by atoms with Crippen LogP contribution < -0.4 is 10.2 Å². The summed E-state index contributed by atoms with van der Waals surface area (Å²) in [6.45, 7) is 4.58. The van der Waals surface area contributed by atoms with Crippen molar-refractivity contribution in [1.29, 1.82) is 0 Å². The Morgan fingerprint density at radius 1 is 1.11 bits per heavy atom. The molecule has 4 nitrogen and oxygen atoms in total. The monoisotopic (exact) mass is 382 g/mol. The van der Waals surface area contributed by atoms with Gasteiger partial charge in [0.2, 0.25) is 5.91 Å². The first-order valence-electron chi connectivity index (χ1n) is 11.3. The smallest absolute Gasteiger partial charge is 0.224 e. The quantitative estimate of drug-likeness (QED) is 0.801. The second-order valence-corrected chi connectivity index (χ2v) is 10.6. The van der Waals surface area contributed by atoms with E-state index < -0.39 is 5.60 Å². The number of rotatable bonds is 4. The van der Waals surface area contributed by atoms with Gasteiger partial charge in [-0.3, -0.25) is 4.79 Å². The number of nitrogens with one attached hydrogen (secondary N) is 1. The Morgan fingerprint density at radius 2 is 1.75 bits per heavy atom. The van der Waals surface area contributed by atoms with E-state index in [0.717, 1.165) is 56.8 Å². The van der Waals surface area contributed by atoms with E-state index >= 15 is 0 Å². The molecule has 6 rings (SSSR count). The van der Waals surface area contributed by atoms with Gasteiger partial charge in [-0.15, -0.1) is 0 Å². The molecule has 1 amide bonds. The molecule has 1 heterocycles. The Hall–Kier alpha value is -1.55. The summed E-state index contributed by atoms with van der Waals surface area (Å²) in [5, 5.41) is 14.0. The van der Waals surface area contributed by atoms with Crippen molar-refractivity contribution in [2.75, 3.05) is 23.3 Å². The van der Waals surface area contributed by atoms with Gasteiger partial charge >= 0.3 is 0 Å². The van der Waals surface area contributed by atoms with Crippen molar-refractivity contribution in [1.82, 2.24) is 0 Å². The Morgan fingerprint density at radius 3 is 2.36 bits per heavy atom. The number of hydrogen-bond acceptors (Lipinski definition) is 3. The molecule has 4 bridgehead atoms. The Kier molecular flexibility index (Phi) is 4.46. The largest absolute Gasteiger partial charge is 0.390 e. The van der Waals surface area contributed by atoms with Crippen LogP contribution in [0.4, 0.5) is 11.4 Å². The Bertz CT molecular complexity index is 721. The van der Waals surface area contributed by atoms with E-state index in [1.807, 2.05) is 12.1 Å². The molecule has 1 aliphatic heterocycles. The third-order valence-corrected chi connectivity index (χ3v) is 7.99. The van der Waals surface area contributed by atoms with Gasteiger partial charge in [-0.1, -0.05) is 6.92 Å². The van der Waals surface area contributed by atoms with Crippen LogP contribution in [0.5, 0.6) is 0 Å². The molecule has 0 radical (unpaired) electrons. The van der Waals surface area contributed by atoms with Crippen molar-refractivity contribution in [3.05, 3.63) is 24.3 Å². The number of carbonyl (C=O) groups excluding carboxylic acids is 1. The summed E-state index contributed by atoms with van der Waals surface area (Å²) in [5.74, 6) is 2.21. The maximum absolute atomic E-state index is 12.8. The lowest BCUT2D eigenvalue weighted by molar-refractivity contribution is -0.167. The molecular weight excluding hydrogens is 348 g/mol. The molecule has 5 fully saturated rings. The normalized spacial score (nSPS) is 37.3. The van der Waals surface area contributed by atoms with Gasteiger partial charge in [-0.05, 0) is 98.8 Å². The van der Waals surface area contributed by atoms with Gasteiger partial charge in [0.1, 0.15) is 0 Å². The van der Waals surface area contributed by atoms with Crippen molar-refractivity contribution in [3.8, 4) is 0 Å². The van der Waals surface area contributed by atoms with Gasteiger partial charge in [0.15, 0.2) is 0 Å². The predicted octanol–water partition coefficient (Wildman–Crippen LogP) is 4.58. The van der Waals surface area contributed by atoms with Gasteiger partial charge in [0.25, 0.3) is 0 Å². The highest BCUT2D eigenvalue weighted by atomic mass is 16.3. The number of nitrogens with zero attached hydrogens (tertiary/aromatic N) is 1. The third-order valence-electron chi connectivity index (χ3n) is 7.99. The average molecular weight is 383 g/mol. The summed E-state index contributed by atoms with van der Waals surface area (Å²) in [5.41, 5.74) is 1.70. The highest BCUT2D eigenvalue weighted by molar-refractivity contribution is 5.91. The summed E-state index contributed by atoms with van der Waals surface area (Å²) in [6, 6.07) is 8.36. The molecule has 1 aromatic rings. The van der Waals surface area contributed by atoms with Gasteiger partial charge in [-0.2, -0.15) is 0 Å². The fraction of sp³-hybridized carbons (Fsp3) is 0.708. The number of anilines is 2. The molecule has 2 N–H and O–H groups in total. The lowest BCUT2D eigenvalue weighted by atomic mass is 9.47. The molecule has 2 unspecified atom stereocenters. The van der Waals surface area contributed by atoms with Gasteiger partial charge in [0, 0.05) is 30.9 Å². The zero-order valence-electron chi connectivity index (χ0n) is 17.1. The van der Waals surface area contributed by atoms with E-state index in [4.69, 9.17) is 0 Å². The Labute approximate surface area is 168 Å². The van der Waals surface area contributed by atoms with E-state index in [2.05, 4.69) is 29.3 Å². The average Bonchev–Trinajstić information content (AvgIpc) is 2.60. The fourth-order valence-electron chi connectivity index (χ4n) is 7.18. The fourth-order valence-corrected chi connectivity index (χ4v) is 7.18. The second-order valence-electron chi connectivity index (χ2n) is 10.6. The maximum Gasteiger partial charge on any atom is 0.224 e. The number of amides is 1. The zero-order valence-corrected chi connectivity index (χ0v) is 17.1. The van der Waals surface area contributed by atoms with Crippen LogP contribution in [-0.4, -0.2) is 29.7 Å². The summed E-state index contributed by atoms with van der Waals surface area (Å²) in [6.07, 6.45) is 9.36. The molecule has 0 aromatic heterocycles. The van der Waals surface area contributed by atoms with Gasteiger partial charge in [-0.25, -0.2) is 0 Å². The molecule has 1 saturated heterocycles. The van der Waals surface area contributed by atoms with E-state index in [9.17, 15) is 9.90 Å². The van der Waals surface area contributed by atoms with Crippen molar-refractivity contribution in [2.45, 2.75) is 70.3 Å². The van der Waals surface area contributed by atoms with E-state index in [-0.39, 0.29) is 11.3 Å². The van der Waals surface area contributed by atoms with Crippen LogP contribution in [0.15, 0.2) is 24.3 Å². The zero-order chi connectivity index (χ0) is 19.4. The first kappa shape index (κ1) is 18.5. The summed E-state index contributed by atoms with van der Waals surface area (Å²) in [7, 11) is 0. The molecular formula is C24H34N2O2. The molecule has 4 aliphatic carbocycles. The van der Waals surface area contributed by atoms with Crippen LogP contribution in [0.1, 0.15) is 64.7 Å². The van der Waals surface area contributed by atoms with Gasteiger partial charge < -0.3 is 15.3 Å². The SMILES string of the molecule is CC1CCN(c2ccc(NC(=O)CC34C[C@@H]5C[C@@H](CC(O)(C5)C3)C4)cc2)CC1. The summed E-state index contributed by atoms with van der Waals surface area (Å²) in [4.78, 5) is 15.3. The number of aliphatic hydroxyl groups is 1. The topological polar surface area (TPSA) is 52.6 Å². The minimum absolute atomic E-state index is 0.0351. The van der Waals surface area contributed by atoms with Crippen molar-refractivity contribution in [3.63, 3.8) is 0 Å². The maximum atomic E-state index is 12.8. The molecule has 4 saturated carbocycles. The molecule has 152 valence electrons. The minimum atomic E-state index is -0.488. The van der Waals surface area contributed by atoms with E-state index in [0.29, 0.717) is 18.3 Å². The van der Waals surface area contributed by atoms with Crippen LogP contribution in [-0.2, 0) is 4.79 Å². The van der Waals surface area contributed by atoms with Crippen LogP contribution in [0.3, 0.4) is 0 Å². The first-order valence-corrected chi connectivity index (χ1v) is 11.3. The van der Waals surface area contributed by atoms with Gasteiger partial charge in [0.05, 0.1) is 5.60 Å². The van der Waals surface area contributed by atoms with Crippen LogP contribution in [0.2, 0.25) is 0 Å². The number of piperidine rings is 1. The third kappa shape index (κ3) is 3.56. The van der Waals surface area contributed by atoms with Crippen molar-refractivity contribution in [2.24, 2.45) is 23.2 Å². The van der Waals surface area contributed by atoms with Crippen LogP contribution >= 0.6 is 0 Å². The van der Waals surface area contributed by atoms with Crippen LogP contribution in [0, 0.1) is 23.2 Å². The standard InChI is InChI=1S/C24H34N2O2/c1-17-6-8-26(9-7-17)21-4-2-20(3-5-21)25-22(27)15-23-11-18-10-19(12-23)14-24(28,13-18)16-23/h2-5,17-19,28H,6-16H2,1H3,(H,25,27)/t18-,19+,23?,24?. The second kappa shape index (κ2) is 6.76. The molecule has 4 atom stereocenters. The van der Waals surface area contributed by atoms with Crippen molar-refractivity contribution < 1.29 is 9.90 Å². The van der Waals surface area contributed by atoms with Crippen LogP contribution in [0.25, 0.3) is 0 Å². The highest BCUT2D eigenvalue weighted by Crippen LogP contribution is 2.62. The number of carbonyl (C=O) groups is 1. The summed E-state index contributed by atoms with van der Waals surface area (Å²) < 4.78 is 0. The predicted molar refractivity (Wildman–Crippen MR) is 112 cm³/mol. The van der Waals surface area contributed by atoms with E-state index in [1.54, 1.807) is 0 Å². The lowest BCUT2D eigenvalue weighted by Gasteiger charge is -2.60. The highest BCUT2D eigenvalue weighted by Gasteiger charge is 2.57. The molecule has 28 heavy (non-hydrogen) atoms. The first-order chi connectivity index (χ1) is 13.4. The lowest BCUT2D eigenvalue weighted by Crippen LogP contribution is -2.56. The number of benzene rings is 1. The Balaban J connectivity index is 1.20. The molecule has 5 aliphatic rings. The number of hydrogen-bond donors (Lipinski definition) is 2. The molecule has 1 aromatic carbocycles.